The van der Waals surface area contributed by atoms with Crippen LogP contribution in [0.2, 0.25) is 4.34 Å². The van der Waals surface area contributed by atoms with Crippen LogP contribution in [0.4, 0.5) is 0 Å². The molecular formula is C12H19ClN2O2S2. The van der Waals surface area contributed by atoms with Gasteiger partial charge in [0.25, 0.3) is 10.0 Å². The third kappa shape index (κ3) is 3.31. The Labute approximate surface area is 123 Å². The minimum atomic E-state index is -3.39. The van der Waals surface area contributed by atoms with Crippen molar-refractivity contribution in [3.63, 3.8) is 0 Å². The van der Waals surface area contributed by atoms with Crippen LogP contribution in [0.15, 0.2) is 10.3 Å². The van der Waals surface area contributed by atoms with E-state index in [1.165, 1.54) is 0 Å². The Hall–Kier alpha value is -0.140. The zero-order valence-corrected chi connectivity index (χ0v) is 13.3. The molecule has 1 atom stereocenters. The molecule has 1 saturated heterocycles. The van der Waals surface area contributed by atoms with E-state index in [4.69, 9.17) is 17.3 Å². The van der Waals surface area contributed by atoms with E-state index >= 15 is 0 Å². The van der Waals surface area contributed by atoms with E-state index in [-0.39, 0.29) is 0 Å². The van der Waals surface area contributed by atoms with Gasteiger partial charge in [0.1, 0.15) is 4.21 Å². The van der Waals surface area contributed by atoms with Crippen molar-refractivity contribution in [3.8, 4) is 0 Å². The van der Waals surface area contributed by atoms with Gasteiger partial charge >= 0.3 is 0 Å². The third-order valence-electron chi connectivity index (χ3n) is 3.49. The maximum absolute atomic E-state index is 12.5. The van der Waals surface area contributed by atoms with Gasteiger partial charge in [0, 0.05) is 13.1 Å². The summed E-state index contributed by atoms with van der Waals surface area (Å²) in [5, 5.41) is 0. The van der Waals surface area contributed by atoms with Crippen LogP contribution in [0, 0.1) is 12.8 Å². The molecule has 19 heavy (non-hydrogen) atoms. The monoisotopic (exact) mass is 322 g/mol. The topological polar surface area (TPSA) is 63.4 Å². The van der Waals surface area contributed by atoms with E-state index < -0.39 is 10.0 Å². The van der Waals surface area contributed by atoms with Crippen LogP contribution in [-0.2, 0) is 10.0 Å². The maximum Gasteiger partial charge on any atom is 0.252 e. The lowest BCUT2D eigenvalue weighted by molar-refractivity contribution is 0.258. The van der Waals surface area contributed by atoms with Crippen LogP contribution >= 0.6 is 22.9 Å². The second kappa shape index (κ2) is 6.10. The lowest BCUT2D eigenvalue weighted by Gasteiger charge is -2.31. The van der Waals surface area contributed by atoms with E-state index in [1.54, 1.807) is 10.4 Å². The Bertz CT molecular complexity index is 520. The lowest BCUT2D eigenvalue weighted by Crippen LogP contribution is -2.40. The normalized spacial score (nSPS) is 21.7. The van der Waals surface area contributed by atoms with Gasteiger partial charge in [-0.15, -0.1) is 11.3 Å². The predicted octanol–water partition coefficient (Wildman–Crippen LogP) is 2.46. The van der Waals surface area contributed by atoms with Crippen molar-refractivity contribution in [1.82, 2.24) is 4.31 Å². The molecule has 0 spiro atoms. The molecule has 1 aliphatic heterocycles. The number of sulfonamides is 1. The second-order valence-electron chi connectivity index (χ2n) is 4.97. The van der Waals surface area contributed by atoms with Crippen molar-refractivity contribution in [3.05, 3.63) is 16.0 Å². The molecule has 0 aromatic carbocycles. The molecule has 0 saturated carbocycles. The standard InChI is InChI=1S/C12H19ClN2O2S2/c1-9-7-11(18-12(9)13)19(16,17)15-6-2-3-10(8-15)4-5-14/h7,10H,2-6,8,14H2,1H3. The Morgan fingerprint density at radius 1 is 1.58 bits per heavy atom. The van der Waals surface area contributed by atoms with Gasteiger partial charge < -0.3 is 5.73 Å². The molecule has 4 nitrogen and oxygen atoms in total. The summed E-state index contributed by atoms with van der Waals surface area (Å²) in [5.74, 6) is 0.380. The molecule has 108 valence electrons. The highest BCUT2D eigenvalue weighted by atomic mass is 35.5. The summed E-state index contributed by atoms with van der Waals surface area (Å²) in [7, 11) is -3.39. The fraction of sp³-hybridized carbons (Fsp3) is 0.667. The highest BCUT2D eigenvalue weighted by Gasteiger charge is 2.31. The summed E-state index contributed by atoms with van der Waals surface area (Å²) in [6.45, 7) is 3.61. The van der Waals surface area contributed by atoms with Gasteiger partial charge in [-0.3, -0.25) is 0 Å². The van der Waals surface area contributed by atoms with Gasteiger partial charge in [-0.2, -0.15) is 4.31 Å². The van der Waals surface area contributed by atoms with E-state index in [0.717, 1.165) is 36.2 Å². The Kier molecular flexibility index (Phi) is 4.89. The first-order chi connectivity index (χ1) is 8.95. The summed E-state index contributed by atoms with van der Waals surface area (Å²) in [4.78, 5) is 0. The number of nitrogens with zero attached hydrogens (tertiary/aromatic N) is 1. The summed E-state index contributed by atoms with van der Waals surface area (Å²) in [6.07, 6.45) is 2.85. The van der Waals surface area contributed by atoms with Gasteiger partial charge in [-0.05, 0) is 50.3 Å². The quantitative estimate of drug-likeness (QED) is 0.926. The summed E-state index contributed by atoms with van der Waals surface area (Å²) in [5.41, 5.74) is 6.38. The van der Waals surface area contributed by atoms with Crippen molar-refractivity contribution in [2.24, 2.45) is 11.7 Å². The maximum atomic E-state index is 12.5. The van der Waals surface area contributed by atoms with Gasteiger partial charge in [0.05, 0.1) is 4.34 Å². The molecule has 1 aliphatic rings. The number of halogens is 1. The molecule has 0 aliphatic carbocycles. The summed E-state index contributed by atoms with van der Waals surface area (Å²) in [6, 6.07) is 1.66. The first-order valence-corrected chi connectivity index (χ1v) is 9.04. The molecule has 2 rings (SSSR count). The molecule has 0 amide bonds. The number of nitrogens with two attached hydrogens (primary N) is 1. The van der Waals surface area contributed by atoms with Crippen LogP contribution in [0.5, 0.6) is 0 Å². The van der Waals surface area contributed by atoms with Crippen LogP contribution in [0.3, 0.4) is 0 Å². The average molecular weight is 323 g/mol. The van der Waals surface area contributed by atoms with Crippen molar-refractivity contribution in [2.45, 2.75) is 30.4 Å². The highest BCUT2D eigenvalue weighted by Crippen LogP contribution is 2.33. The molecule has 2 N–H and O–H groups in total. The fourth-order valence-electron chi connectivity index (χ4n) is 2.40. The molecule has 1 fully saturated rings. The molecule has 1 aromatic heterocycles. The van der Waals surface area contributed by atoms with Crippen LogP contribution in [0.1, 0.15) is 24.8 Å². The molecule has 1 aromatic rings. The summed E-state index contributed by atoms with van der Waals surface area (Å²) >= 11 is 7.11. The van der Waals surface area contributed by atoms with Gasteiger partial charge in [-0.1, -0.05) is 11.6 Å². The van der Waals surface area contributed by atoms with Gasteiger partial charge in [-0.25, -0.2) is 8.42 Å². The second-order valence-corrected chi connectivity index (χ2v) is 8.79. The third-order valence-corrected chi connectivity index (χ3v) is 7.35. The zero-order chi connectivity index (χ0) is 14.0. The highest BCUT2D eigenvalue weighted by molar-refractivity contribution is 7.91. The van der Waals surface area contributed by atoms with Crippen LogP contribution in [0.25, 0.3) is 0 Å². The Balaban J connectivity index is 2.19. The van der Waals surface area contributed by atoms with Crippen LogP contribution in [-0.4, -0.2) is 32.4 Å². The minimum absolute atomic E-state index is 0.350. The Morgan fingerprint density at radius 3 is 2.89 bits per heavy atom. The molecule has 7 heteroatoms. The summed E-state index contributed by atoms with van der Waals surface area (Å²) < 4.78 is 27.6. The van der Waals surface area contributed by atoms with Crippen molar-refractivity contribution in [2.75, 3.05) is 19.6 Å². The minimum Gasteiger partial charge on any atom is -0.330 e. The number of thiophene rings is 1. The SMILES string of the molecule is Cc1cc(S(=O)(=O)N2CCCC(CCN)C2)sc1Cl. The van der Waals surface area contributed by atoms with Crippen LogP contribution < -0.4 is 5.73 Å². The number of aryl methyl sites for hydroxylation is 1. The number of hydrogen-bond donors (Lipinski definition) is 1. The van der Waals surface area contributed by atoms with Crippen molar-refractivity contribution >= 4 is 33.0 Å². The first-order valence-electron chi connectivity index (χ1n) is 6.41. The number of rotatable bonds is 4. The zero-order valence-electron chi connectivity index (χ0n) is 10.9. The molecule has 2 heterocycles. The van der Waals surface area contributed by atoms with E-state index in [9.17, 15) is 8.42 Å². The van der Waals surface area contributed by atoms with Crippen molar-refractivity contribution < 1.29 is 8.42 Å². The first kappa shape index (κ1) is 15.3. The fourth-order valence-corrected chi connectivity index (χ4v) is 5.82. The van der Waals surface area contributed by atoms with Gasteiger partial charge in [0.15, 0.2) is 0 Å². The lowest BCUT2D eigenvalue weighted by atomic mass is 9.96. The largest absolute Gasteiger partial charge is 0.330 e. The van der Waals surface area contributed by atoms with E-state index in [0.29, 0.717) is 34.1 Å². The molecule has 1 unspecified atom stereocenters. The van der Waals surface area contributed by atoms with Gasteiger partial charge in [0.2, 0.25) is 0 Å². The number of hydrogen-bond acceptors (Lipinski definition) is 4. The van der Waals surface area contributed by atoms with E-state index in [2.05, 4.69) is 0 Å². The van der Waals surface area contributed by atoms with Crippen molar-refractivity contribution in [1.29, 1.82) is 0 Å². The molecule has 0 radical (unpaired) electrons. The molecule has 0 bridgehead atoms. The van der Waals surface area contributed by atoms with E-state index in [1.807, 2.05) is 6.92 Å². The average Bonchev–Trinajstić information content (AvgIpc) is 2.71. The smallest absolute Gasteiger partial charge is 0.252 e. The predicted molar refractivity (Wildman–Crippen MR) is 79.2 cm³/mol. The number of piperidine rings is 1. The Morgan fingerprint density at radius 2 is 2.32 bits per heavy atom. The molecular weight excluding hydrogens is 304 g/mol.